The van der Waals surface area contributed by atoms with E-state index in [9.17, 15) is 13.6 Å². The van der Waals surface area contributed by atoms with Crippen LogP contribution in [0.2, 0.25) is 0 Å². The highest BCUT2D eigenvalue weighted by Crippen LogP contribution is 2.27. The molecule has 34 heavy (non-hydrogen) atoms. The van der Waals surface area contributed by atoms with Crippen molar-refractivity contribution in [2.24, 2.45) is 0 Å². The second-order valence-electron chi connectivity index (χ2n) is 8.47. The minimum atomic E-state index is -0.706. The molecule has 2 aromatic carbocycles. The molecule has 0 spiro atoms. The smallest absolute Gasteiger partial charge is 0.228 e. The average molecular weight is 467 g/mol. The van der Waals surface area contributed by atoms with Crippen LogP contribution >= 0.6 is 0 Å². The maximum Gasteiger partial charge on any atom is 0.228 e. The van der Waals surface area contributed by atoms with Gasteiger partial charge in [-0.3, -0.25) is 4.79 Å². The van der Waals surface area contributed by atoms with Gasteiger partial charge in [0.1, 0.15) is 17.5 Å². The molecule has 0 bridgehead atoms. The Bertz CT molecular complexity index is 1130. The van der Waals surface area contributed by atoms with Crippen LogP contribution in [0.3, 0.4) is 0 Å². The molecule has 0 aliphatic carbocycles. The summed E-state index contributed by atoms with van der Waals surface area (Å²) < 4.78 is 27.0. The van der Waals surface area contributed by atoms with Crippen molar-refractivity contribution in [1.82, 2.24) is 4.98 Å². The monoisotopic (exact) mass is 466 g/mol. The number of hydrogen-bond donors (Lipinski definition) is 2. The zero-order chi connectivity index (χ0) is 24.8. The van der Waals surface area contributed by atoms with Crippen LogP contribution in [0.4, 0.5) is 26.1 Å². The Morgan fingerprint density at radius 2 is 1.56 bits per heavy atom. The standard InChI is InChI=1S/C27H32F2N4O/c1-6-33(7-2)27-24(31-26(34)14-20-12-21(28)15-22(29)13-20)8-9-25(32-27)30-16-23-18(4)10-17(3)11-19(23)5/h8-13,15H,6-7,14,16H2,1-5H3,(H,30,32)(H,31,34). The molecule has 2 N–H and O–H groups in total. The quantitative estimate of drug-likeness (QED) is 0.411. The summed E-state index contributed by atoms with van der Waals surface area (Å²) >= 11 is 0. The van der Waals surface area contributed by atoms with Gasteiger partial charge in [-0.1, -0.05) is 17.7 Å². The molecule has 7 heteroatoms. The second kappa shape index (κ2) is 11.1. The van der Waals surface area contributed by atoms with Crippen molar-refractivity contribution < 1.29 is 13.6 Å². The van der Waals surface area contributed by atoms with Gasteiger partial charge in [-0.25, -0.2) is 13.8 Å². The number of carbonyl (C=O) groups excluding carboxylic acids is 1. The number of anilines is 3. The lowest BCUT2D eigenvalue weighted by Crippen LogP contribution is -2.26. The number of hydrogen-bond acceptors (Lipinski definition) is 4. The van der Waals surface area contributed by atoms with Gasteiger partial charge in [0.15, 0.2) is 5.82 Å². The molecular formula is C27H32F2N4O. The molecule has 1 amide bonds. The highest BCUT2D eigenvalue weighted by molar-refractivity contribution is 5.95. The topological polar surface area (TPSA) is 57.3 Å². The molecule has 0 saturated carbocycles. The van der Waals surface area contributed by atoms with Crippen LogP contribution in [-0.2, 0) is 17.8 Å². The Morgan fingerprint density at radius 3 is 2.15 bits per heavy atom. The predicted octanol–water partition coefficient (Wildman–Crippen LogP) is 5.92. The van der Waals surface area contributed by atoms with Crippen LogP contribution in [0.15, 0.2) is 42.5 Å². The zero-order valence-electron chi connectivity index (χ0n) is 20.4. The molecule has 0 fully saturated rings. The number of carbonyl (C=O) groups is 1. The summed E-state index contributed by atoms with van der Waals surface area (Å²) in [6, 6.07) is 11.1. The molecule has 0 aliphatic heterocycles. The third kappa shape index (κ3) is 6.31. The Kier molecular flexibility index (Phi) is 8.21. The number of aryl methyl sites for hydroxylation is 3. The van der Waals surface area contributed by atoms with E-state index in [-0.39, 0.29) is 17.9 Å². The number of aromatic nitrogens is 1. The molecule has 0 saturated heterocycles. The molecule has 3 aromatic rings. The third-order valence-electron chi connectivity index (χ3n) is 5.79. The fraction of sp³-hybridized carbons (Fsp3) is 0.333. The van der Waals surface area contributed by atoms with E-state index >= 15 is 0 Å². The van der Waals surface area contributed by atoms with E-state index in [1.54, 1.807) is 0 Å². The van der Waals surface area contributed by atoms with E-state index in [1.807, 2.05) is 30.9 Å². The number of nitrogens with one attached hydrogen (secondary N) is 2. The number of rotatable bonds is 9. The van der Waals surface area contributed by atoms with Crippen LogP contribution in [0, 0.1) is 32.4 Å². The van der Waals surface area contributed by atoms with E-state index in [0.717, 1.165) is 18.2 Å². The number of nitrogens with zero attached hydrogens (tertiary/aromatic N) is 2. The van der Waals surface area contributed by atoms with Crippen molar-refractivity contribution in [2.45, 2.75) is 47.6 Å². The van der Waals surface area contributed by atoms with Crippen LogP contribution in [0.25, 0.3) is 0 Å². The van der Waals surface area contributed by atoms with Gasteiger partial charge in [0, 0.05) is 25.7 Å². The fourth-order valence-corrected chi connectivity index (χ4v) is 4.17. The van der Waals surface area contributed by atoms with Gasteiger partial charge in [0.2, 0.25) is 5.91 Å². The van der Waals surface area contributed by atoms with Gasteiger partial charge in [-0.2, -0.15) is 0 Å². The summed E-state index contributed by atoms with van der Waals surface area (Å²) in [6.45, 7) is 12.4. The van der Waals surface area contributed by atoms with Gasteiger partial charge >= 0.3 is 0 Å². The Labute approximate surface area is 200 Å². The summed E-state index contributed by atoms with van der Waals surface area (Å²) in [5.74, 6) is -0.435. The summed E-state index contributed by atoms with van der Waals surface area (Å²) in [4.78, 5) is 19.5. The normalized spacial score (nSPS) is 10.8. The van der Waals surface area contributed by atoms with Gasteiger partial charge in [-0.15, -0.1) is 0 Å². The van der Waals surface area contributed by atoms with Gasteiger partial charge < -0.3 is 15.5 Å². The lowest BCUT2D eigenvalue weighted by atomic mass is 10.00. The number of amides is 1. The summed E-state index contributed by atoms with van der Waals surface area (Å²) in [5.41, 5.74) is 5.75. The number of benzene rings is 2. The van der Waals surface area contributed by atoms with Crippen molar-refractivity contribution in [3.63, 3.8) is 0 Å². The van der Waals surface area contributed by atoms with Crippen molar-refractivity contribution in [1.29, 1.82) is 0 Å². The third-order valence-corrected chi connectivity index (χ3v) is 5.79. The first-order valence-corrected chi connectivity index (χ1v) is 11.5. The molecular weight excluding hydrogens is 434 g/mol. The Morgan fingerprint density at radius 1 is 0.941 bits per heavy atom. The first kappa shape index (κ1) is 25.1. The fourth-order valence-electron chi connectivity index (χ4n) is 4.17. The van der Waals surface area contributed by atoms with Gasteiger partial charge in [0.25, 0.3) is 0 Å². The second-order valence-corrected chi connectivity index (χ2v) is 8.47. The lowest BCUT2D eigenvalue weighted by Gasteiger charge is -2.24. The average Bonchev–Trinajstić information content (AvgIpc) is 2.74. The van der Waals surface area contributed by atoms with E-state index in [2.05, 4.69) is 43.5 Å². The minimum Gasteiger partial charge on any atom is -0.366 e. The first-order valence-electron chi connectivity index (χ1n) is 11.5. The zero-order valence-corrected chi connectivity index (χ0v) is 20.4. The molecule has 3 rings (SSSR count). The highest BCUT2D eigenvalue weighted by atomic mass is 19.1. The maximum atomic E-state index is 13.5. The van der Waals surface area contributed by atoms with Gasteiger partial charge in [0.05, 0.1) is 12.1 Å². The molecule has 1 aromatic heterocycles. The Hall–Kier alpha value is -3.48. The predicted molar refractivity (Wildman–Crippen MR) is 134 cm³/mol. The maximum absolute atomic E-state index is 13.5. The molecule has 0 unspecified atom stereocenters. The van der Waals surface area contributed by atoms with Crippen LogP contribution in [0.5, 0.6) is 0 Å². The molecule has 1 heterocycles. The van der Waals surface area contributed by atoms with Crippen molar-refractivity contribution in [3.8, 4) is 0 Å². The van der Waals surface area contributed by atoms with Gasteiger partial charge in [-0.05, 0) is 81.1 Å². The van der Waals surface area contributed by atoms with E-state index < -0.39 is 11.6 Å². The van der Waals surface area contributed by atoms with Crippen LogP contribution in [-0.4, -0.2) is 24.0 Å². The van der Waals surface area contributed by atoms with Crippen molar-refractivity contribution >= 4 is 23.2 Å². The largest absolute Gasteiger partial charge is 0.366 e. The van der Waals surface area contributed by atoms with E-state index in [1.165, 1.54) is 22.3 Å². The summed E-state index contributed by atoms with van der Waals surface area (Å²) in [5, 5.41) is 6.26. The van der Waals surface area contributed by atoms with E-state index in [0.29, 0.717) is 37.0 Å². The number of pyridine rings is 1. The lowest BCUT2D eigenvalue weighted by molar-refractivity contribution is -0.115. The molecule has 5 nitrogen and oxygen atoms in total. The minimum absolute atomic E-state index is 0.141. The van der Waals surface area contributed by atoms with Crippen molar-refractivity contribution in [3.05, 3.63) is 81.9 Å². The summed E-state index contributed by atoms with van der Waals surface area (Å²) in [6.07, 6.45) is -0.141. The summed E-state index contributed by atoms with van der Waals surface area (Å²) in [7, 11) is 0. The van der Waals surface area contributed by atoms with Crippen LogP contribution in [0.1, 0.15) is 41.7 Å². The molecule has 0 atom stereocenters. The number of halogens is 2. The molecule has 0 radical (unpaired) electrons. The van der Waals surface area contributed by atoms with E-state index in [4.69, 9.17) is 4.98 Å². The molecule has 180 valence electrons. The van der Waals surface area contributed by atoms with Crippen LogP contribution < -0.4 is 15.5 Å². The first-order chi connectivity index (χ1) is 16.2. The highest BCUT2D eigenvalue weighted by Gasteiger charge is 2.15. The van der Waals surface area contributed by atoms with Crippen molar-refractivity contribution in [2.75, 3.05) is 28.6 Å². The molecule has 0 aliphatic rings. The SMILES string of the molecule is CCN(CC)c1nc(NCc2c(C)cc(C)cc2C)ccc1NC(=O)Cc1cc(F)cc(F)c1. The Balaban J connectivity index is 1.80.